The van der Waals surface area contributed by atoms with E-state index in [1.165, 1.54) is 0 Å². The van der Waals surface area contributed by atoms with Gasteiger partial charge in [0.2, 0.25) is 5.91 Å². The molecule has 2 atom stereocenters. The lowest BCUT2D eigenvalue weighted by Gasteiger charge is -2.33. The van der Waals surface area contributed by atoms with E-state index in [9.17, 15) is 22.8 Å². The second-order valence-corrected chi connectivity index (χ2v) is 5.99. The minimum Gasteiger partial charge on any atom is -0.375 e. The van der Waals surface area contributed by atoms with Crippen LogP contribution in [0.5, 0.6) is 0 Å². The van der Waals surface area contributed by atoms with Crippen molar-refractivity contribution in [2.75, 3.05) is 32.8 Å². The van der Waals surface area contributed by atoms with E-state index in [0.717, 1.165) is 4.90 Å². The Hall–Kier alpha value is -1.06. The standard InChI is InChI=1S/C14H22F3N3O3.ClH/c1-9-11(18-4-7-23-9)12(21)19-8-10-2-5-20(6-3-10)13(22)14(15,16)17;/h9-11,18H,2-8H2,1H3,(H,19,21);1H/t9-,11+;/m1./s1. The van der Waals surface area contributed by atoms with Crippen molar-refractivity contribution in [1.29, 1.82) is 0 Å². The molecular weight excluding hydrogens is 351 g/mol. The van der Waals surface area contributed by atoms with Gasteiger partial charge in [0, 0.05) is 26.2 Å². The predicted molar refractivity (Wildman–Crippen MR) is 82.8 cm³/mol. The van der Waals surface area contributed by atoms with Crippen molar-refractivity contribution in [1.82, 2.24) is 15.5 Å². The molecule has 2 heterocycles. The fourth-order valence-electron chi connectivity index (χ4n) is 2.90. The molecule has 0 spiro atoms. The summed E-state index contributed by atoms with van der Waals surface area (Å²) in [6, 6.07) is -0.407. The summed E-state index contributed by atoms with van der Waals surface area (Å²) >= 11 is 0. The minimum absolute atomic E-state index is 0. The second-order valence-electron chi connectivity index (χ2n) is 5.99. The topological polar surface area (TPSA) is 70.7 Å². The molecule has 0 aromatic heterocycles. The Morgan fingerprint density at radius 1 is 1.29 bits per heavy atom. The maximum Gasteiger partial charge on any atom is 0.471 e. The largest absolute Gasteiger partial charge is 0.471 e. The number of alkyl halides is 3. The maximum atomic E-state index is 12.4. The summed E-state index contributed by atoms with van der Waals surface area (Å²) in [4.78, 5) is 24.1. The zero-order valence-corrected chi connectivity index (χ0v) is 14.2. The number of carbonyl (C=O) groups excluding carboxylic acids is 2. The predicted octanol–water partition coefficient (Wildman–Crippen LogP) is 0.702. The van der Waals surface area contributed by atoms with Crippen molar-refractivity contribution in [3.63, 3.8) is 0 Å². The number of hydrogen-bond acceptors (Lipinski definition) is 4. The Balaban J connectivity index is 0.00000288. The van der Waals surface area contributed by atoms with Crippen molar-refractivity contribution in [3.8, 4) is 0 Å². The van der Waals surface area contributed by atoms with Crippen molar-refractivity contribution in [3.05, 3.63) is 0 Å². The molecule has 0 saturated carbocycles. The Bertz CT molecular complexity index is 443. The minimum atomic E-state index is -4.82. The molecule has 0 unspecified atom stereocenters. The van der Waals surface area contributed by atoms with E-state index in [1.54, 1.807) is 0 Å². The van der Waals surface area contributed by atoms with Gasteiger partial charge in [0.25, 0.3) is 0 Å². The number of morpholine rings is 1. The van der Waals surface area contributed by atoms with Gasteiger partial charge in [-0.1, -0.05) is 0 Å². The van der Waals surface area contributed by atoms with Crippen LogP contribution in [0.4, 0.5) is 13.2 Å². The number of carbonyl (C=O) groups is 2. The second kappa shape index (κ2) is 8.87. The summed E-state index contributed by atoms with van der Waals surface area (Å²) in [7, 11) is 0. The molecule has 2 saturated heterocycles. The average molecular weight is 374 g/mol. The highest BCUT2D eigenvalue weighted by Gasteiger charge is 2.43. The van der Waals surface area contributed by atoms with Gasteiger partial charge < -0.3 is 20.3 Å². The first-order valence-electron chi connectivity index (χ1n) is 7.78. The van der Waals surface area contributed by atoms with Gasteiger partial charge in [0.1, 0.15) is 6.04 Å². The fraction of sp³-hybridized carbons (Fsp3) is 0.857. The fourth-order valence-corrected chi connectivity index (χ4v) is 2.90. The summed E-state index contributed by atoms with van der Waals surface area (Å²) < 4.78 is 42.5. The number of amides is 2. The summed E-state index contributed by atoms with van der Waals surface area (Å²) in [6.07, 6.45) is -4.13. The normalized spacial score (nSPS) is 25.8. The van der Waals surface area contributed by atoms with Crippen LogP contribution in [0, 0.1) is 5.92 Å². The van der Waals surface area contributed by atoms with E-state index in [4.69, 9.17) is 4.74 Å². The molecule has 0 radical (unpaired) electrons. The van der Waals surface area contributed by atoms with Crippen LogP contribution >= 0.6 is 12.4 Å². The van der Waals surface area contributed by atoms with Crippen LogP contribution in [0.1, 0.15) is 19.8 Å². The summed E-state index contributed by atoms with van der Waals surface area (Å²) in [5.74, 6) is -1.86. The molecule has 0 aliphatic carbocycles. The lowest BCUT2D eigenvalue weighted by Crippen LogP contribution is -2.56. The van der Waals surface area contributed by atoms with E-state index in [1.807, 2.05) is 6.92 Å². The highest BCUT2D eigenvalue weighted by atomic mass is 35.5. The molecule has 24 heavy (non-hydrogen) atoms. The smallest absolute Gasteiger partial charge is 0.375 e. The zero-order chi connectivity index (χ0) is 17.0. The van der Waals surface area contributed by atoms with Gasteiger partial charge in [-0.2, -0.15) is 13.2 Å². The molecular formula is C14H23ClF3N3O3. The lowest BCUT2D eigenvalue weighted by molar-refractivity contribution is -0.186. The summed E-state index contributed by atoms with van der Waals surface area (Å²) in [6.45, 7) is 3.53. The first-order valence-corrected chi connectivity index (χ1v) is 7.78. The van der Waals surface area contributed by atoms with Crippen molar-refractivity contribution < 1.29 is 27.5 Å². The monoisotopic (exact) mass is 373 g/mol. The number of nitrogens with zero attached hydrogens (tertiary/aromatic N) is 1. The molecule has 2 aliphatic heterocycles. The van der Waals surface area contributed by atoms with Gasteiger partial charge in [-0.15, -0.1) is 12.4 Å². The molecule has 0 bridgehead atoms. The zero-order valence-electron chi connectivity index (χ0n) is 13.4. The molecule has 0 aromatic rings. The Morgan fingerprint density at radius 2 is 1.92 bits per heavy atom. The Kier molecular flexibility index (Phi) is 7.75. The van der Waals surface area contributed by atoms with Crippen LogP contribution in [0.3, 0.4) is 0 Å². The van der Waals surface area contributed by atoms with Gasteiger partial charge in [-0.25, -0.2) is 0 Å². The molecule has 2 N–H and O–H groups in total. The number of ether oxygens (including phenoxy) is 1. The lowest BCUT2D eigenvalue weighted by atomic mass is 9.96. The number of rotatable bonds is 3. The number of nitrogens with one attached hydrogen (secondary N) is 2. The highest BCUT2D eigenvalue weighted by Crippen LogP contribution is 2.23. The van der Waals surface area contributed by atoms with Crippen molar-refractivity contribution in [2.45, 2.75) is 38.1 Å². The van der Waals surface area contributed by atoms with Crippen LogP contribution in [0.2, 0.25) is 0 Å². The highest BCUT2D eigenvalue weighted by molar-refractivity contribution is 5.85. The third-order valence-electron chi connectivity index (χ3n) is 4.31. The number of likely N-dealkylation sites (tertiary alicyclic amines) is 1. The SMILES string of the molecule is C[C@H]1OCCN[C@@H]1C(=O)NCC1CCN(C(=O)C(F)(F)F)CC1.Cl. The van der Waals surface area contributed by atoms with Crippen molar-refractivity contribution in [2.24, 2.45) is 5.92 Å². The van der Waals surface area contributed by atoms with E-state index < -0.39 is 18.1 Å². The molecule has 0 aromatic carbocycles. The van der Waals surface area contributed by atoms with Crippen LogP contribution in [0.25, 0.3) is 0 Å². The molecule has 6 nitrogen and oxygen atoms in total. The summed E-state index contributed by atoms with van der Waals surface area (Å²) in [5.41, 5.74) is 0. The molecule has 2 fully saturated rings. The van der Waals surface area contributed by atoms with Crippen LogP contribution in [-0.4, -0.2) is 67.8 Å². The van der Waals surface area contributed by atoms with E-state index in [0.29, 0.717) is 32.5 Å². The van der Waals surface area contributed by atoms with E-state index in [-0.39, 0.29) is 43.4 Å². The first kappa shape index (κ1) is 21.0. The van der Waals surface area contributed by atoms with Gasteiger partial charge in [0.15, 0.2) is 0 Å². The third kappa shape index (κ3) is 5.49. The van der Waals surface area contributed by atoms with Crippen LogP contribution in [-0.2, 0) is 14.3 Å². The Labute approximate surface area is 144 Å². The van der Waals surface area contributed by atoms with E-state index >= 15 is 0 Å². The first-order chi connectivity index (χ1) is 10.8. The number of halogens is 4. The van der Waals surface area contributed by atoms with Crippen LogP contribution in [0.15, 0.2) is 0 Å². The number of piperidine rings is 1. The number of hydrogen-bond donors (Lipinski definition) is 2. The van der Waals surface area contributed by atoms with Gasteiger partial charge in [-0.05, 0) is 25.7 Å². The molecule has 140 valence electrons. The molecule has 2 aliphatic rings. The van der Waals surface area contributed by atoms with Gasteiger partial charge in [-0.3, -0.25) is 9.59 Å². The molecule has 2 amide bonds. The quantitative estimate of drug-likeness (QED) is 0.764. The maximum absolute atomic E-state index is 12.4. The third-order valence-corrected chi connectivity index (χ3v) is 4.31. The van der Waals surface area contributed by atoms with Gasteiger partial charge >= 0.3 is 12.1 Å². The van der Waals surface area contributed by atoms with Crippen molar-refractivity contribution >= 4 is 24.2 Å². The van der Waals surface area contributed by atoms with E-state index in [2.05, 4.69) is 10.6 Å². The summed E-state index contributed by atoms with van der Waals surface area (Å²) in [5, 5.41) is 5.90. The molecule has 10 heteroatoms. The Morgan fingerprint density at radius 3 is 2.46 bits per heavy atom. The van der Waals surface area contributed by atoms with Gasteiger partial charge in [0.05, 0.1) is 12.7 Å². The van der Waals surface area contributed by atoms with Crippen LogP contribution < -0.4 is 10.6 Å². The average Bonchev–Trinajstić information content (AvgIpc) is 2.52. The molecule has 2 rings (SSSR count).